The van der Waals surface area contributed by atoms with Crippen molar-refractivity contribution in [1.82, 2.24) is 15.4 Å². The van der Waals surface area contributed by atoms with Crippen molar-refractivity contribution >= 4 is 11.6 Å². The second-order valence-corrected chi connectivity index (χ2v) is 3.44. The smallest absolute Gasteiger partial charge is 0.118 e. The van der Waals surface area contributed by atoms with Crippen LogP contribution in [0.3, 0.4) is 0 Å². The maximum atomic E-state index is 5.81. The third-order valence-electron chi connectivity index (χ3n) is 2.22. The number of benzene rings is 1. The average molecular weight is 236 g/mol. The molecule has 1 heterocycles. The van der Waals surface area contributed by atoms with Crippen LogP contribution in [0.15, 0.2) is 30.5 Å². The van der Waals surface area contributed by atoms with Gasteiger partial charge in [0.1, 0.15) is 11.4 Å². The molecule has 1 aromatic heterocycles. The van der Waals surface area contributed by atoms with Gasteiger partial charge in [-0.25, -0.2) is 0 Å². The first-order valence-corrected chi connectivity index (χ1v) is 5.26. The summed E-state index contributed by atoms with van der Waals surface area (Å²) in [5.74, 6) is 1.17. The van der Waals surface area contributed by atoms with Gasteiger partial charge in [0.2, 0.25) is 0 Å². The highest BCUT2D eigenvalue weighted by atomic mass is 35.5. The first kappa shape index (κ1) is 10.8. The van der Waals surface area contributed by atoms with E-state index in [0.717, 1.165) is 22.6 Å². The van der Waals surface area contributed by atoms with E-state index in [0.29, 0.717) is 5.88 Å². The van der Waals surface area contributed by atoms with E-state index in [1.807, 2.05) is 24.3 Å². The summed E-state index contributed by atoms with van der Waals surface area (Å²) in [6, 6.07) is 7.57. The standard InChI is InChI=1S/C11H10ClN3O/c1-16-10-4-2-8(3-5-10)11-9(6-12)7-13-15-14-11/h2-5,7H,6H2,1H3. The monoisotopic (exact) mass is 235 g/mol. The molecule has 0 atom stereocenters. The Morgan fingerprint density at radius 2 is 2.00 bits per heavy atom. The quantitative estimate of drug-likeness (QED) is 0.766. The van der Waals surface area contributed by atoms with Crippen molar-refractivity contribution < 1.29 is 4.74 Å². The molecule has 0 unspecified atom stereocenters. The summed E-state index contributed by atoms with van der Waals surface area (Å²) in [5.41, 5.74) is 2.57. The first-order valence-electron chi connectivity index (χ1n) is 4.73. The van der Waals surface area contributed by atoms with E-state index in [2.05, 4.69) is 15.4 Å². The van der Waals surface area contributed by atoms with Crippen LogP contribution in [0.25, 0.3) is 11.3 Å². The number of rotatable bonds is 3. The molecule has 0 spiro atoms. The van der Waals surface area contributed by atoms with Crippen LogP contribution >= 0.6 is 11.6 Å². The molecular formula is C11H10ClN3O. The van der Waals surface area contributed by atoms with Crippen molar-refractivity contribution in [2.45, 2.75) is 5.88 Å². The molecule has 0 saturated carbocycles. The Bertz CT molecular complexity index is 473. The van der Waals surface area contributed by atoms with Crippen LogP contribution in [-0.4, -0.2) is 22.5 Å². The third kappa shape index (κ3) is 2.12. The summed E-state index contributed by atoms with van der Waals surface area (Å²) in [6.07, 6.45) is 1.62. The van der Waals surface area contributed by atoms with Crippen LogP contribution in [0.4, 0.5) is 0 Å². The SMILES string of the molecule is COc1ccc(-c2nnncc2CCl)cc1. The molecule has 2 rings (SSSR count). The van der Waals surface area contributed by atoms with Crippen LogP contribution < -0.4 is 4.74 Å². The number of aromatic nitrogens is 3. The van der Waals surface area contributed by atoms with Crippen LogP contribution in [0.2, 0.25) is 0 Å². The summed E-state index contributed by atoms with van der Waals surface area (Å²) in [6.45, 7) is 0. The molecule has 0 aliphatic heterocycles. The van der Waals surface area contributed by atoms with Gasteiger partial charge in [0.25, 0.3) is 0 Å². The van der Waals surface area contributed by atoms with Gasteiger partial charge in [-0.15, -0.1) is 21.8 Å². The minimum atomic E-state index is 0.365. The van der Waals surface area contributed by atoms with Crippen LogP contribution in [0.1, 0.15) is 5.56 Å². The minimum Gasteiger partial charge on any atom is -0.497 e. The van der Waals surface area contributed by atoms with E-state index in [4.69, 9.17) is 16.3 Å². The molecule has 1 aromatic carbocycles. The van der Waals surface area contributed by atoms with Crippen molar-refractivity contribution in [2.24, 2.45) is 0 Å². The van der Waals surface area contributed by atoms with E-state index in [1.165, 1.54) is 0 Å². The fraction of sp³-hybridized carbons (Fsp3) is 0.182. The van der Waals surface area contributed by atoms with Gasteiger partial charge in [-0.3, -0.25) is 0 Å². The molecule has 0 fully saturated rings. The minimum absolute atomic E-state index is 0.365. The average Bonchev–Trinajstić information content (AvgIpc) is 2.39. The molecule has 4 nitrogen and oxygen atoms in total. The molecule has 5 heteroatoms. The first-order chi connectivity index (χ1) is 7.85. The number of alkyl halides is 1. The number of hydrogen-bond donors (Lipinski definition) is 0. The number of halogens is 1. The number of methoxy groups -OCH3 is 1. The fourth-order valence-electron chi connectivity index (χ4n) is 1.38. The van der Waals surface area contributed by atoms with Crippen molar-refractivity contribution in [3.63, 3.8) is 0 Å². The summed E-state index contributed by atoms with van der Waals surface area (Å²) < 4.78 is 5.09. The van der Waals surface area contributed by atoms with Crippen LogP contribution in [-0.2, 0) is 5.88 Å². The van der Waals surface area contributed by atoms with Gasteiger partial charge in [-0.1, -0.05) is 0 Å². The Morgan fingerprint density at radius 3 is 2.62 bits per heavy atom. The van der Waals surface area contributed by atoms with E-state index in [-0.39, 0.29) is 0 Å². The number of hydrogen-bond acceptors (Lipinski definition) is 4. The third-order valence-corrected chi connectivity index (χ3v) is 2.51. The lowest BCUT2D eigenvalue weighted by Gasteiger charge is -2.05. The van der Waals surface area contributed by atoms with Gasteiger partial charge in [-0.05, 0) is 29.5 Å². The van der Waals surface area contributed by atoms with E-state index >= 15 is 0 Å². The molecule has 0 aliphatic rings. The Morgan fingerprint density at radius 1 is 1.25 bits per heavy atom. The van der Waals surface area contributed by atoms with Crippen LogP contribution in [0, 0.1) is 0 Å². The van der Waals surface area contributed by atoms with Crippen molar-refractivity contribution in [2.75, 3.05) is 7.11 Å². The highest BCUT2D eigenvalue weighted by Gasteiger charge is 2.06. The lowest BCUT2D eigenvalue weighted by Crippen LogP contribution is -1.96. The van der Waals surface area contributed by atoms with Crippen molar-refractivity contribution in [1.29, 1.82) is 0 Å². The summed E-state index contributed by atoms with van der Waals surface area (Å²) in [5, 5.41) is 11.3. The Hall–Kier alpha value is -1.68. The Kier molecular flexibility index (Phi) is 3.31. The maximum absolute atomic E-state index is 5.81. The molecule has 0 amide bonds. The van der Waals surface area contributed by atoms with Gasteiger partial charge in [-0.2, -0.15) is 0 Å². The normalized spacial score (nSPS) is 10.1. The van der Waals surface area contributed by atoms with Crippen LogP contribution in [0.5, 0.6) is 5.75 Å². The topological polar surface area (TPSA) is 47.9 Å². The maximum Gasteiger partial charge on any atom is 0.118 e. The highest BCUT2D eigenvalue weighted by molar-refractivity contribution is 6.17. The second-order valence-electron chi connectivity index (χ2n) is 3.17. The van der Waals surface area contributed by atoms with Crippen molar-refractivity contribution in [3.8, 4) is 17.0 Å². The molecule has 82 valence electrons. The number of ether oxygens (including phenoxy) is 1. The Balaban J connectivity index is 2.42. The predicted octanol–water partition coefficient (Wildman–Crippen LogP) is 2.29. The number of nitrogens with zero attached hydrogens (tertiary/aromatic N) is 3. The van der Waals surface area contributed by atoms with Gasteiger partial charge in [0.15, 0.2) is 0 Å². The summed E-state index contributed by atoms with van der Waals surface area (Å²) in [7, 11) is 1.63. The van der Waals surface area contributed by atoms with Gasteiger partial charge in [0.05, 0.1) is 19.2 Å². The van der Waals surface area contributed by atoms with Gasteiger partial charge < -0.3 is 4.74 Å². The van der Waals surface area contributed by atoms with Gasteiger partial charge >= 0.3 is 0 Å². The Labute approximate surface area is 98.2 Å². The molecule has 0 N–H and O–H groups in total. The molecule has 16 heavy (non-hydrogen) atoms. The zero-order chi connectivity index (χ0) is 11.4. The summed E-state index contributed by atoms with van der Waals surface area (Å²) in [4.78, 5) is 0. The molecular weight excluding hydrogens is 226 g/mol. The second kappa shape index (κ2) is 4.90. The molecule has 0 radical (unpaired) electrons. The molecule has 2 aromatic rings. The summed E-state index contributed by atoms with van der Waals surface area (Å²) >= 11 is 5.81. The van der Waals surface area contributed by atoms with E-state index in [1.54, 1.807) is 13.3 Å². The largest absolute Gasteiger partial charge is 0.497 e. The molecule has 0 bridgehead atoms. The van der Waals surface area contributed by atoms with Crippen molar-refractivity contribution in [3.05, 3.63) is 36.0 Å². The lowest BCUT2D eigenvalue weighted by molar-refractivity contribution is 0.415. The highest BCUT2D eigenvalue weighted by Crippen LogP contribution is 2.23. The van der Waals surface area contributed by atoms with E-state index < -0.39 is 0 Å². The van der Waals surface area contributed by atoms with Gasteiger partial charge in [0, 0.05) is 11.1 Å². The lowest BCUT2D eigenvalue weighted by atomic mass is 10.1. The fourth-order valence-corrected chi connectivity index (χ4v) is 1.58. The van der Waals surface area contributed by atoms with E-state index in [9.17, 15) is 0 Å². The zero-order valence-corrected chi connectivity index (χ0v) is 9.48. The molecule has 0 aliphatic carbocycles. The zero-order valence-electron chi connectivity index (χ0n) is 8.72. The molecule has 0 saturated heterocycles. The predicted molar refractivity (Wildman–Crippen MR) is 61.4 cm³/mol.